The number of hydrogen-bond donors (Lipinski definition) is 0. The number of carbonyl (C=O) groups excluding carboxylic acids is 2. The van der Waals surface area contributed by atoms with E-state index in [1.54, 1.807) is 14.2 Å². The summed E-state index contributed by atoms with van der Waals surface area (Å²) in [4.78, 5) is 25.2. The van der Waals surface area contributed by atoms with Crippen molar-refractivity contribution in [3.63, 3.8) is 0 Å². The van der Waals surface area contributed by atoms with E-state index in [-0.39, 0.29) is 24.2 Å². The van der Waals surface area contributed by atoms with E-state index in [4.69, 9.17) is 4.74 Å². The molecular formula is C15H19NO3. The van der Waals surface area contributed by atoms with Gasteiger partial charge in [-0.25, -0.2) is 0 Å². The molecule has 0 unspecified atom stereocenters. The first-order chi connectivity index (χ1) is 8.90. The van der Waals surface area contributed by atoms with Crippen LogP contribution >= 0.6 is 0 Å². The number of imide groups is 1. The van der Waals surface area contributed by atoms with Gasteiger partial charge in [0.1, 0.15) is 5.75 Å². The van der Waals surface area contributed by atoms with Crippen molar-refractivity contribution in [2.24, 2.45) is 5.41 Å². The second kappa shape index (κ2) is 4.68. The highest BCUT2D eigenvalue weighted by Crippen LogP contribution is 2.44. The van der Waals surface area contributed by atoms with Crippen LogP contribution < -0.4 is 4.74 Å². The molecule has 0 saturated carbocycles. The van der Waals surface area contributed by atoms with Crippen molar-refractivity contribution in [3.8, 4) is 5.75 Å². The molecule has 0 aromatic heterocycles. The molecule has 4 nitrogen and oxygen atoms in total. The average Bonchev–Trinajstić information content (AvgIpc) is 2.63. The highest BCUT2D eigenvalue weighted by molar-refractivity contribution is 6.05. The molecule has 1 aromatic rings. The van der Waals surface area contributed by atoms with Crippen molar-refractivity contribution in [1.29, 1.82) is 0 Å². The third-order valence-corrected chi connectivity index (χ3v) is 4.26. The molecule has 1 fully saturated rings. The van der Waals surface area contributed by atoms with Crippen LogP contribution in [0.15, 0.2) is 24.3 Å². The largest absolute Gasteiger partial charge is 0.497 e. The number of carbonyl (C=O) groups is 2. The summed E-state index contributed by atoms with van der Waals surface area (Å²) in [5, 5.41) is 0. The number of hydrogen-bond acceptors (Lipinski definition) is 3. The van der Waals surface area contributed by atoms with Crippen LogP contribution in [0.25, 0.3) is 0 Å². The summed E-state index contributed by atoms with van der Waals surface area (Å²) in [5.74, 6) is 0.570. The van der Waals surface area contributed by atoms with Crippen LogP contribution in [0.2, 0.25) is 0 Å². The van der Waals surface area contributed by atoms with Crippen molar-refractivity contribution in [2.75, 3.05) is 14.2 Å². The molecule has 2 amide bonds. The van der Waals surface area contributed by atoms with E-state index in [0.29, 0.717) is 0 Å². The molecule has 0 N–H and O–H groups in total. The first-order valence-electron chi connectivity index (χ1n) is 6.35. The molecule has 4 heteroatoms. The lowest BCUT2D eigenvalue weighted by Crippen LogP contribution is -2.34. The molecule has 102 valence electrons. The molecule has 0 radical (unpaired) electrons. The van der Waals surface area contributed by atoms with E-state index in [2.05, 4.69) is 0 Å². The van der Waals surface area contributed by atoms with Crippen molar-refractivity contribution in [3.05, 3.63) is 29.8 Å². The van der Waals surface area contributed by atoms with Crippen LogP contribution in [-0.4, -0.2) is 30.9 Å². The number of rotatable bonds is 3. The zero-order chi connectivity index (χ0) is 14.2. The summed E-state index contributed by atoms with van der Waals surface area (Å²) in [6, 6.07) is 7.65. The minimum atomic E-state index is -0.652. The van der Waals surface area contributed by atoms with Crippen LogP contribution in [0.1, 0.15) is 31.7 Å². The van der Waals surface area contributed by atoms with E-state index in [1.807, 2.05) is 38.1 Å². The van der Waals surface area contributed by atoms with Crippen molar-refractivity contribution < 1.29 is 14.3 Å². The third kappa shape index (κ3) is 2.11. The molecule has 1 aromatic carbocycles. The predicted molar refractivity (Wildman–Crippen MR) is 71.9 cm³/mol. The quantitative estimate of drug-likeness (QED) is 0.784. The van der Waals surface area contributed by atoms with Crippen molar-refractivity contribution >= 4 is 11.8 Å². The Labute approximate surface area is 113 Å². The van der Waals surface area contributed by atoms with Crippen LogP contribution in [0.3, 0.4) is 0 Å². The van der Waals surface area contributed by atoms with E-state index in [9.17, 15) is 9.59 Å². The Hall–Kier alpha value is -1.84. The van der Waals surface area contributed by atoms with Gasteiger partial charge in [0.2, 0.25) is 11.8 Å². The normalized spacial score (nSPS) is 24.7. The molecule has 2 rings (SSSR count). The van der Waals surface area contributed by atoms with Gasteiger partial charge < -0.3 is 4.74 Å². The zero-order valence-corrected chi connectivity index (χ0v) is 11.8. The Balaban J connectivity index is 2.30. The Bertz CT molecular complexity index is 509. The molecule has 0 aliphatic carbocycles. The lowest BCUT2D eigenvalue weighted by molar-refractivity contribution is -0.139. The summed E-state index contributed by atoms with van der Waals surface area (Å²) < 4.78 is 5.13. The third-order valence-electron chi connectivity index (χ3n) is 4.26. The maximum atomic E-state index is 12.3. The van der Waals surface area contributed by atoms with Crippen molar-refractivity contribution in [1.82, 2.24) is 4.90 Å². The topological polar surface area (TPSA) is 46.6 Å². The lowest BCUT2D eigenvalue weighted by atomic mass is 9.73. The van der Waals surface area contributed by atoms with E-state index in [0.717, 1.165) is 11.3 Å². The van der Waals surface area contributed by atoms with Gasteiger partial charge in [-0.2, -0.15) is 0 Å². The maximum absolute atomic E-state index is 12.3. The van der Waals surface area contributed by atoms with Crippen LogP contribution in [0.4, 0.5) is 0 Å². The monoisotopic (exact) mass is 261 g/mol. The maximum Gasteiger partial charge on any atom is 0.235 e. The standard InChI is InChI=1S/C15H19NO3/c1-10(11-5-7-12(19-4)8-6-11)15(2)9-13(17)16(3)14(15)18/h5-8,10H,9H2,1-4H3/t10-,15+/m1/s1. The second-order valence-corrected chi connectivity index (χ2v) is 5.35. The Kier molecular flexibility index (Phi) is 3.35. The summed E-state index contributed by atoms with van der Waals surface area (Å²) in [5.41, 5.74) is 0.389. The number of likely N-dealkylation sites (tertiary alicyclic amines) is 1. The van der Waals surface area contributed by atoms with Crippen LogP contribution in [0.5, 0.6) is 5.75 Å². The summed E-state index contributed by atoms with van der Waals surface area (Å²) >= 11 is 0. The van der Waals surface area contributed by atoms with Gasteiger partial charge in [-0.15, -0.1) is 0 Å². The molecule has 2 atom stereocenters. The fourth-order valence-electron chi connectivity index (χ4n) is 2.60. The fraction of sp³-hybridized carbons (Fsp3) is 0.467. The Morgan fingerprint density at radius 2 is 1.84 bits per heavy atom. The zero-order valence-electron chi connectivity index (χ0n) is 11.8. The molecule has 1 aliphatic rings. The number of benzene rings is 1. The van der Waals surface area contributed by atoms with Gasteiger partial charge in [0, 0.05) is 13.5 Å². The Morgan fingerprint density at radius 1 is 1.26 bits per heavy atom. The number of amides is 2. The smallest absolute Gasteiger partial charge is 0.235 e. The predicted octanol–water partition coefficient (Wildman–Crippen LogP) is 2.19. The first kappa shape index (κ1) is 13.6. The fourth-order valence-corrected chi connectivity index (χ4v) is 2.60. The highest BCUT2D eigenvalue weighted by atomic mass is 16.5. The van der Waals surface area contributed by atoms with Gasteiger partial charge in [0.05, 0.1) is 12.5 Å². The molecule has 1 heterocycles. The van der Waals surface area contributed by atoms with E-state index < -0.39 is 5.41 Å². The first-order valence-corrected chi connectivity index (χ1v) is 6.35. The summed E-state index contributed by atoms with van der Waals surface area (Å²) in [6.45, 7) is 3.86. The minimum Gasteiger partial charge on any atom is -0.497 e. The van der Waals surface area contributed by atoms with E-state index in [1.165, 1.54) is 4.90 Å². The average molecular weight is 261 g/mol. The number of nitrogens with zero attached hydrogens (tertiary/aromatic N) is 1. The van der Waals surface area contributed by atoms with Gasteiger partial charge in [-0.3, -0.25) is 14.5 Å². The molecule has 0 spiro atoms. The van der Waals surface area contributed by atoms with Gasteiger partial charge in [0.15, 0.2) is 0 Å². The molecular weight excluding hydrogens is 242 g/mol. The van der Waals surface area contributed by atoms with Gasteiger partial charge in [0.25, 0.3) is 0 Å². The van der Waals surface area contributed by atoms with Crippen LogP contribution in [0, 0.1) is 5.41 Å². The number of ether oxygens (including phenoxy) is 1. The molecule has 1 aliphatic heterocycles. The van der Waals surface area contributed by atoms with Crippen LogP contribution in [-0.2, 0) is 9.59 Å². The molecule has 0 bridgehead atoms. The van der Waals surface area contributed by atoms with Gasteiger partial charge in [-0.1, -0.05) is 19.1 Å². The Morgan fingerprint density at radius 3 is 2.26 bits per heavy atom. The summed E-state index contributed by atoms with van der Waals surface area (Å²) in [6.07, 6.45) is 0.273. The summed E-state index contributed by atoms with van der Waals surface area (Å²) in [7, 11) is 3.17. The minimum absolute atomic E-state index is 0.0141. The van der Waals surface area contributed by atoms with Gasteiger partial charge in [-0.05, 0) is 30.5 Å². The van der Waals surface area contributed by atoms with Gasteiger partial charge >= 0.3 is 0 Å². The molecule has 1 saturated heterocycles. The highest BCUT2D eigenvalue weighted by Gasteiger charge is 2.50. The van der Waals surface area contributed by atoms with Crippen molar-refractivity contribution in [2.45, 2.75) is 26.2 Å². The number of methoxy groups -OCH3 is 1. The SMILES string of the molecule is COc1ccc([C@@H](C)[C@]2(C)CC(=O)N(C)C2=O)cc1. The van der Waals surface area contributed by atoms with E-state index >= 15 is 0 Å². The molecule has 19 heavy (non-hydrogen) atoms. The second-order valence-electron chi connectivity index (χ2n) is 5.35. The lowest BCUT2D eigenvalue weighted by Gasteiger charge is -2.29.